The molecule has 3 rings (SSSR count). The van der Waals surface area contributed by atoms with Crippen LogP contribution in [-0.2, 0) is 20.7 Å². The lowest BCUT2D eigenvalue weighted by Gasteiger charge is -2.26. The summed E-state index contributed by atoms with van der Waals surface area (Å²) in [4.78, 5) is 36.4. The number of hydrogen-bond donors (Lipinski definition) is 0. The number of nitrogens with zero attached hydrogens (tertiary/aromatic N) is 3. The summed E-state index contributed by atoms with van der Waals surface area (Å²) in [6, 6.07) is 4.82. The van der Waals surface area contributed by atoms with Gasteiger partial charge in [0.2, 0.25) is 11.8 Å². The number of aryl methyl sites for hydroxylation is 1. The zero-order valence-corrected chi connectivity index (χ0v) is 20.1. The van der Waals surface area contributed by atoms with Gasteiger partial charge in [0.25, 0.3) is 0 Å². The fraction of sp³-hybridized carbons (Fsp3) is 0.520. The van der Waals surface area contributed by atoms with Crippen LogP contribution in [0.15, 0.2) is 30.9 Å². The van der Waals surface area contributed by atoms with E-state index in [0.717, 1.165) is 11.9 Å². The number of carbonyl (C=O) groups is 2. The highest BCUT2D eigenvalue weighted by molar-refractivity contribution is 5.85. The van der Waals surface area contributed by atoms with E-state index >= 15 is 0 Å². The Morgan fingerprint density at radius 2 is 1.97 bits per heavy atom. The van der Waals surface area contributed by atoms with E-state index in [-0.39, 0.29) is 17.9 Å². The van der Waals surface area contributed by atoms with Gasteiger partial charge in [0.15, 0.2) is 0 Å². The molecule has 178 valence electrons. The van der Waals surface area contributed by atoms with Crippen LogP contribution in [0.25, 0.3) is 11.0 Å². The van der Waals surface area contributed by atoms with Crippen molar-refractivity contribution in [3.63, 3.8) is 0 Å². The minimum absolute atomic E-state index is 0.0924. The highest BCUT2D eigenvalue weighted by Crippen LogP contribution is 2.30. The molecule has 1 aromatic heterocycles. The van der Waals surface area contributed by atoms with E-state index in [1.54, 1.807) is 18.1 Å². The second-order valence-corrected chi connectivity index (χ2v) is 9.46. The second-order valence-electron chi connectivity index (χ2n) is 9.46. The molecule has 2 heterocycles. The largest absolute Gasteiger partial charge is 0.497 e. The number of amides is 1. The summed E-state index contributed by atoms with van der Waals surface area (Å²) in [6.07, 6.45) is 3.41. The first-order chi connectivity index (χ1) is 15.6. The van der Waals surface area contributed by atoms with Crippen LogP contribution in [0.1, 0.15) is 45.7 Å². The van der Waals surface area contributed by atoms with Crippen LogP contribution in [0.3, 0.4) is 0 Å². The molecule has 2 aromatic rings. The van der Waals surface area contributed by atoms with Gasteiger partial charge in [0.1, 0.15) is 23.6 Å². The van der Waals surface area contributed by atoms with Crippen molar-refractivity contribution in [3.05, 3.63) is 36.5 Å². The van der Waals surface area contributed by atoms with Crippen LogP contribution >= 0.6 is 0 Å². The summed E-state index contributed by atoms with van der Waals surface area (Å²) >= 11 is 0. The quantitative estimate of drug-likeness (QED) is 0.443. The van der Waals surface area contributed by atoms with Crippen molar-refractivity contribution in [2.24, 2.45) is 5.41 Å². The summed E-state index contributed by atoms with van der Waals surface area (Å²) in [5, 5.41) is 0. The number of methoxy groups -OCH3 is 2. The highest BCUT2D eigenvalue weighted by Gasteiger charge is 2.42. The molecule has 1 aliphatic heterocycles. The normalized spacial score (nSPS) is 18.3. The lowest BCUT2D eigenvalue weighted by atomic mass is 9.91. The number of aromatic nitrogens is 2. The first-order valence-electron chi connectivity index (χ1n) is 11.1. The Kier molecular flexibility index (Phi) is 7.56. The molecule has 33 heavy (non-hydrogen) atoms. The van der Waals surface area contributed by atoms with Crippen molar-refractivity contribution >= 4 is 22.9 Å². The van der Waals surface area contributed by atoms with Gasteiger partial charge in [-0.2, -0.15) is 0 Å². The minimum Gasteiger partial charge on any atom is -0.497 e. The number of allylic oxidation sites excluding steroid dienone is 1. The average molecular weight is 456 g/mol. The molecule has 1 saturated heterocycles. The number of carbonyl (C=O) groups excluding carboxylic acids is 2. The predicted octanol–water partition coefficient (Wildman–Crippen LogP) is 3.71. The van der Waals surface area contributed by atoms with Gasteiger partial charge in [-0.25, -0.2) is 14.8 Å². The van der Waals surface area contributed by atoms with E-state index < -0.39 is 18.1 Å². The summed E-state index contributed by atoms with van der Waals surface area (Å²) in [5.41, 5.74) is 1.90. The first kappa shape index (κ1) is 24.5. The topological polar surface area (TPSA) is 90.8 Å². The van der Waals surface area contributed by atoms with Crippen molar-refractivity contribution in [1.29, 1.82) is 0 Å². The number of rotatable bonds is 8. The lowest BCUT2D eigenvalue weighted by Crippen LogP contribution is -2.42. The summed E-state index contributed by atoms with van der Waals surface area (Å²) in [7, 11) is 2.93. The maximum atomic E-state index is 13.0. The molecule has 1 fully saturated rings. The minimum atomic E-state index is -0.681. The lowest BCUT2D eigenvalue weighted by molar-refractivity contribution is -0.151. The van der Waals surface area contributed by atoms with E-state index in [9.17, 15) is 9.59 Å². The Bertz CT molecular complexity index is 1030. The van der Waals surface area contributed by atoms with Gasteiger partial charge in [-0.15, -0.1) is 6.58 Å². The number of ether oxygens (including phenoxy) is 3. The van der Waals surface area contributed by atoms with E-state index in [4.69, 9.17) is 24.2 Å². The van der Waals surface area contributed by atoms with E-state index in [0.29, 0.717) is 42.1 Å². The summed E-state index contributed by atoms with van der Waals surface area (Å²) < 4.78 is 16.5. The Labute approximate surface area is 194 Å². The monoisotopic (exact) mass is 455 g/mol. The molecule has 0 saturated carbocycles. The van der Waals surface area contributed by atoms with Crippen molar-refractivity contribution in [3.8, 4) is 11.6 Å². The van der Waals surface area contributed by atoms with Crippen molar-refractivity contribution in [1.82, 2.24) is 14.9 Å². The van der Waals surface area contributed by atoms with Gasteiger partial charge in [-0.3, -0.25) is 4.79 Å². The molecule has 0 radical (unpaired) electrons. The molecular formula is C25H33N3O5. The third-order valence-corrected chi connectivity index (χ3v) is 5.51. The molecule has 0 N–H and O–H groups in total. The second kappa shape index (κ2) is 10.2. The van der Waals surface area contributed by atoms with Crippen LogP contribution in [0.5, 0.6) is 11.6 Å². The van der Waals surface area contributed by atoms with Crippen LogP contribution in [0.2, 0.25) is 0 Å². The van der Waals surface area contributed by atoms with Crippen LogP contribution in [0, 0.1) is 5.41 Å². The Morgan fingerprint density at radius 1 is 1.21 bits per heavy atom. The van der Waals surface area contributed by atoms with Crippen molar-refractivity contribution in [2.45, 2.75) is 58.6 Å². The fourth-order valence-electron chi connectivity index (χ4n) is 3.91. The average Bonchev–Trinajstić information content (AvgIpc) is 3.19. The zero-order valence-electron chi connectivity index (χ0n) is 20.1. The molecule has 1 aromatic carbocycles. The van der Waals surface area contributed by atoms with Gasteiger partial charge < -0.3 is 19.1 Å². The molecule has 8 heteroatoms. The highest BCUT2D eigenvalue weighted by atomic mass is 16.5. The standard InChI is InChI=1S/C25H33N3O5/c1-7-8-9-19-23(27-20-12-16(31-5)10-11-18(20)26-19)33-17-13-21(24(30)32-6)28(15-17)22(29)14-25(2,3)4/h7,10-12,17,21H,1,8-9,13-15H2,2-6H3/t17-,21+/m1/s1. The van der Waals surface area contributed by atoms with Gasteiger partial charge in [0, 0.05) is 18.9 Å². The van der Waals surface area contributed by atoms with Gasteiger partial charge in [-0.05, 0) is 30.4 Å². The summed E-state index contributed by atoms with van der Waals surface area (Å²) in [6.45, 7) is 10.1. The molecule has 0 unspecified atom stereocenters. The van der Waals surface area contributed by atoms with E-state index in [1.807, 2.05) is 39.0 Å². The summed E-state index contributed by atoms with van der Waals surface area (Å²) in [5.74, 6) is 0.540. The molecule has 0 aliphatic carbocycles. The molecule has 1 aliphatic rings. The zero-order chi connectivity index (χ0) is 24.2. The molecule has 8 nitrogen and oxygen atoms in total. The Hall–Kier alpha value is -3.16. The Morgan fingerprint density at radius 3 is 2.61 bits per heavy atom. The molecule has 2 atom stereocenters. The number of hydrogen-bond acceptors (Lipinski definition) is 7. The third-order valence-electron chi connectivity index (χ3n) is 5.51. The van der Waals surface area contributed by atoms with E-state index in [1.165, 1.54) is 7.11 Å². The number of fused-ring (bicyclic) bond motifs is 1. The maximum Gasteiger partial charge on any atom is 0.328 e. The van der Waals surface area contributed by atoms with E-state index in [2.05, 4.69) is 6.58 Å². The number of likely N-dealkylation sites (tertiary alicyclic amines) is 1. The predicted molar refractivity (Wildman–Crippen MR) is 125 cm³/mol. The van der Waals surface area contributed by atoms with Crippen LogP contribution < -0.4 is 9.47 Å². The molecule has 1 amide bonds. The number of esters is 1. The molecule has 0 spiro atoms. The van der Waals surface area contributed by atoms with Crippen LogP contribution in [0.4, 0.5) is 0 Å². The smallest absolute Gasteiger partial charge is 0.328 e. The molecular weight excluding hydrogens is 422 g/mol. The van der Waals surface area contributed by atoms with Crippen molar-refractivity contribution in [2.75, 3.05) is 20.8 Å². The van der Waals surface area contributed by atoms with Gasteiger partial charge >= 0.3 is 5.97 Å². The SMILES string of the molecule is C=CCCc1nc2ccc(OC)cc2nc1O[C@@H]1C[C@@H](C(=O)OC)N(C(=O)CC(C)(C)C)C1. The maximum absolute atomic E-state index is 13.0. The van der Waals surface area contributed by atoms with Gasteiger partial charge in [-0.1, -0.05) is 26.8 Å². The first-order valence-corrected chi connectivity index (χ1v) is 11.1. The Balaban J connectivity index is 1.89. The fourth-order valence-corrected chi connectivity index (χ4v) is 3.91. The molecule has 0 bridgehead atoms. The number of benzene rings is 1. The van der Waals surface area contributed by atoms with Gasteiger partial charge in [0.05, 0.1) is 31.8 Å². The van der Waals surface area contributed by atoms with Crippen molar-refractivity contribution < 1.29 is 23.8 Å². The third kappa shape index (κ3) is 6.00. The van der Waals surface area contributed by atoms with Crippen LogP contribution in [-0.4, -0.2) is 59.7 Å².